The zero-order valence-electron chi connectivity index (χ0n) is 8.99. The van der Waals surface area contributed by atoms with Gasteiger partial charge < -0.3 is 10.5 Å². The average molecular weight is 205 g/mol. The molecule has 0 aromatic heterocycles. The van der Waals surface area contributed by atoms with Gasteiger partial charge in [0.2, 0.25) is 0 Å². The Labute approximate surface area is 89.5 Å². The molecule has 0 spiro atoms. The number of rotatable bonds is 3. The highest BCUT2D eigenvalue weighted by molar-refractivity contribution is 5.89. The third-order valence-corrected chi connectivity index (χ3v) is 2.26. The van der Waals surface area contributed by atoms with E-state index in [0.29, 0.717) is 0 Å². The monoisotopic (exact) mass is 205 g/mol. The largest absolute Gasteiger partial charge is 0.466 e. The Kier molecular flexibility index (Phi) is 3.63. The predicted octanol–water partition coefficient (Wildman–Crippen LogP) is 1.72. The van der Waals surface area contributed by atoms with Crippen molar-refractivity contribution in [3.8, 4) is 0 Å². The average Bonchev–Trinajstić information content (AvgIpc) is 2.27. The summed E-state index contributed by atoms with van der Waals surface area (Å²) in [6, 6.07) is 7.15. The maximum atomic E-state index is 11.2. The quantitative estimate of drug-likeness (QED) is 0.604. The van der Waals surface area contributed by atoms with Crippen LogP contribution in [0.1, 0.15) is 17.2 Å². The lowest BCUT2D eigenvalue weighted by Gasteiger charge is -2.13. The Morgan fingerprint density at radius 2 is 1.93 bits per heavy atom. The topological polar surface area (TPSA) is 52.3 Å². The summed E-state index contributed by atoms with van der Waals surface area (Å²) in [4.78, 5) is 11.2. The molecule has 1 unspecified atom stereocenters. The summed E-state index contributed by atoms with van der Waals surface area (Å²) in [6.07, 6.45) is 0. The second-order valence-electron chi connectivity index (χ2n) is 3.41. The molecular weight excluding hydrogens is 190 g/mol. The summed E-state index contributed by atoms with van der Waals surface area (Å²) in [7, 11) is 1.31. The van der Waals surface area contributed by atoms with Crippen LogP contribution in [0.3, 0.4) is 0 Å². The second-order valence-corrected chi connectivity index (χ2v) is 3.41. The number of nitrogens with two attached hydrogens (primary N) is 1. The number of methoxy groups -OCH3 is 1. The molecule has 0 saturated carbocycles. The highest BCUT2D eigenvalue weighted by atomic mass is 16.5. The van der Waals surface area contributed by atoms with Gasteiger partial charge in [0.1, 0.15) is 0 Å². The minimum atomic E-state index is -0.502. The Morgan fingerprint density at radius 1 is 1.40 bits per heavy atom. The van der Waals surface area contributed by atoms with Crippen LogP contribution >= 0.6 is 0 Å². The zero-order chi connectivity index (χ0) is 11.4. The first-order valence-corrected chi connectivity index (χ1v) is 4.65. The smallest absolute Gasteiger partial charge is 0.335 e. The van der Waals surface area contributed by atoms with E-state index in [-0.39, 0.29) is 5.57 Å². The molecule has 1 aromatic rings. The molecule has 2 N–H and O–H groups in total. The molecule has 0 saturated heterocycles. The minimum Gasteiger partial charge on any atom is -0.466 e. The number of benzene rings is 1. The van der Waals surface area contributed by atoms with Crippen LogP contribution in [0.5, 0.6) is 0 Å². The first kappa shape index (κ1) is 11.5. The molecule has 80 valence electrons. The normalized spacial score (nSPS) is 11.9. The second kappa shape index (κ2) is 4.75. The number of ether oxygens (including phenoxy) is 1. The van der Waals surface area contributed by atoms with Crippen molar-refractivity contribution >= 4 is 5.97 Å². The number of esters is 1. The van der Waals surface area contributed by atoms with Gasteiger partial charge in [-0.3, -0.25) is 0 Å². The fourth-order valence-electron chi connectivity index (χ4n) is 1.23. The minimum absolute atomic E-state index is 0.265. The van der Waals surface area contributed by atoms with Gasteiger partial charge in [-0.15, -0.1) is 0 Å². The van der Waals surface area contributed by atoms with Crippen LogP contribution in [0.4, 0.5) is 0 Å². The molecule has 3 heteroatoms. The van der Waals surface area contributed by atoms with Crippen molar-refractivity contribution in [1.82, 2.24) is 0 Å². The molecule has 15 heavy (non-hydrogen) atoms. The molecule has 3 nitrogen and oxygen atoms in total. The molecule has 1 rings (SSSR count). The van der Waals surface area contributed by atoms with E-state index in [1.807, 2.05) is 31.2 Å². The molecule has 0 amide bonds. The maximum Gasteiger partial charge on any atom is 0.335 e. The van der Waals surface area contributed by atoms with Crippen molar-refractivity contribution in [2.45, 2.75) is 13.0 Å². The molecule has 0 bridgehead atoms. The highest BCUT2D eigenvalue weighted by Crippen LogP contribution is 2.18. The Hall–Kier alpha value is -1.61. The summed E-state index contributed by atoms with van der Waals surface area (Å²) in [5.74, 6) is -0.469. The van der Waals surface area contributed by atoms with E-state index in [0.717, 1.165) is 11.1 Å². The SMILES string of the molecule is C=C(C(=O)OC)C(N)c1ccc(C)cc1. The third-order valence-electron chi connectivity index (χ3n) is 2.26. The molecule has 0 aliphatic rings. The Morgan fingerprint density at radius 3 is 2.40 bits per heavy atom. The van der Waals surface area contributed by atoms with Crippen LogP contribution in [-0.4, -0.2) is 13.1 Å². The lowest BCUT2D eigenvalue weighted by molar-refractivity contribution is -0.136. The first-order valence-electron chi connectivity index (χ1n) is 4.65. The molecular formula is C12H15NO2. The first-order chi connectivity index (χ1) is 7.06. The fourth-order valence-corrected chi connectivity index (χ4v) is 1.23. The maximum absolute atomic E-state index is 11.2. The molecule has 0 aliphatic carbocycles. The third kappa shape index (κ3) is 2.67. The van der Waals surface area contributed by atoms with Crippen LogP contribution in [0.15, 0.2) is 36.4 Å². The molecule has 0 aliphatic heterocycles. The summed E-state index contributed by atoms with van der Waals surface area (Å²) in [5, 5.41) is 0. The van der Waals surface area contributed by atoms with Crippen molar-refractivity contribution in [3.63, 3.8) is 0 Å². The lowest BCUT2D eigenvalue weighted by Crippen LogP contribution is -2.19. The standard InChI is InChI=1S/C12H15NO2/c1-8-4-6-10(7-5-8)11(13)9(2)12(14)15-3/h4-7,11H,2,13H2,1,3H3. The lowest BCUT2D eigenvalue weighted by atomic mass is 10.00. The van der Waals surface area contributed by atoms with Crippen LogP contribution < -0.4 is 5.73 Å². The highest BCUT2D eigenvalue weighted by Gasteiger charge is 2.16. The number of aryl methyl sites for hydroxylation is 1. The van der Waals surface area contributed by atoms with Crippen molar-refractivity contribution in [1.29, 1.82) is 0 Å². The number of hydrogen-bond donors (Lipinski definition) is 1. The summed E-state index contributed by atoms with van der Waals surface area (Å²) in [5.41, 5.74) is 8.14. The van der Waals surface area contributed by atoms with E-state index in [9.17, 15) is 4.79 Å². The van der Waals surface area contributed by atoms with Gasteiger partial charge in [-0.05, 0) is 12.5 Å². The van der Waals surface area contributed by atoms with E-state index < -0.39 is 12.0 Å². The van der Waals surface area contributed by atoms with Gasteiger partial charge in [0, 0.05) is 0 Å². The predicted molar refractivity (Wildman–Crippen MR) is 59.3 cm³/mol. The van der Waals surface area contributed by atoms with Crippen molar-refractivity contribution in [3.05, 3.63) is 47.5 Å². The van der Waals surface area contributed by atoms with E-state index in [1.165, 1.54) is 7.11 Å². The van der Waals surface area contributed by atoms with Crippen LogP contribution in [-0.2, 0) is 9.53 Å². The summed E-state index contributed by atoms with van der Waals surface area (Å²) < 4.78 is 4.56. The molecule has 1 aromatic carbocycles. The van der Waals surface area contributed by atoms with Crippen molar-refractivity contribution < 1.29 is 9.53 Å². The van der Waals surface area contributed by atoms with Gasteiger partial charge in [0.15, 0.2) is 0 Å². The van der Waals surface area contributed by atoms with Gasteiger partial charge in [-0.2, -0.15) is 0 Å². The molecule has 1 atom stereocenters. The number of carbonyl (C=O) groups excluding carboxylic acids is 1. The van der Waals surface area contributed by atoms with Gasteiger partial charge >= 0.3 is 5.97 Å². The van der Waals surface area contributed by atoms with E-state index in [2.05, 4.69) is 11.3 Å². The fraction of sp³-hybridized carbons (Fsp3) is 0.250. The van der Waals surface area contributed by atoms with Crippen LogP contribution in [0.25, 0.3) is 0 Å². The van der Waals surface area contributed by atoms with E-state index >= 15 is 0 Å². The van der Waals surface area contributed by atoms with E-state index in [4.69, 9.17) is 5.73 Å². The number of hydrogen-bond acceptors (Lipinski definition) is 3. The molecule has 0 heterocycles. The van der Waals surface area contributed by atoms with Crippen LogP contribution in [0.2, 0.25) is 0 Å². The van der Waals surface area contributed by atoms with Gasteiger partial charge in [0.25, 0.3) is 0 Å². The summed E-state index contributed by atoms with van der Waals surface area (Å²) in [6.45, 7) is 5.62. The van der Waals surface area contributed by atoms with Gasteiger partial charge in [-0.1, -0.05) is 36.4 Å². The van der Waals surface area contributed by atoms with Crippen molar-refractivity contribution in [2.24, 2.45) is 5.73 Å². The Bertz CT molecular complexity index is 368. The number of carbonyl (C=O) groups is 1. The van der Waals surface area contributed by atoms with Gasteiger partial charge in [-0.25, -0.2) is 4.79 Å². The molecule has 0 radical (unpaired) electrons. The molecule has 0 fully saturated rings. The van der Waals surface area contributed by atoms with Crippen molar-refractivity contribution in [2.75, 3.05) is 7.11 Å². The van der Waals surface area contributed by atoms with Crippen LogP contribution in [0, 0.1) is 6.92 Å². The van der Waals surface area contributed by atoms with Gasteiger partial charge in [0.05, 0.1) is 18.7 Å². The Balaban J connectivity index is 2.85. The van der Waals surface area contributed by atoms with E-state index in [1.54, 1.807) is 0 Å². The summed E-state index contributed by atoms with van der Waals surface area (Å²) >= 11 is 0. The zero-order valence-corrected chi connectivity index (χ0v) is 8.99.